The number of methoxy groups -OCH3 is 1. The molecule has 1 rings (SSSR count). The van der Waals surface area contributed by atoms with E-state index in [9.17, 15) is 0 Å². The molecule has 0 heterocycles. The molecule has 0 aromatic rings. The summed E-state index contributed by atoms with van der Waals surface area (Å²) >= 11 is 6.23. The standard InChI is InChI=1S/C13H25ClO3/c1-4-13(2)11(14)10-12(13)17-7-5-6-16-9-8-15-3/h11-12H,4-10H2,1-3H3. The Kier molecular flexibility index (Phi) is 6.78. The molecule has 0 spiro atoms. The van der Waals surface area contributed by atoms with Gasteiger partial charge in [0.1, 0.15) is 0 Å². The Bertz CT molecular complexity index is 213. The summed E-state index contributed by atoms with van der Waals surface area (Å²) in [6.45, 7) is 7.22. The fraction of sp³-hybridized carbons (Fsp3) is 1.00. The minimum atomic E-state index is 0.165. The van der Waals surface area contributed by atoms with Crippen LogP contribution in [0.25, 0.3) is 0 Å². The molecule has 3 atom stereocenters. The summed E-state index contributed by atoms with van der Waals surface area (Å²) in [7, 11) is 1.68. The van der Waals surface area contributed by atoms with Gasteiger partial charge in [-0.15, -0.1) is 11.6 Å². The van der Waals surface area contributed by atoms with Gasteiger partial charge in [0.2, 0.25) is 0 Å². The molecule has 0 N–H and O–H groups in total. The molecule has 0 radical (unpaired) electrons. The van der Waals surface area contributed by atoms with Crippen molar-refractivity contribution >= 4 is 11.6 Å². The molecule has 0 aromatic heterocycles. The summed E-state index contributed by atoms with van der Waals surface area (Å²) in [5.41, 5.74) is 0.165. The van der Waals surface area contributed by atoms with Crippen LogP contribution >= 0.6 is 11.6 Å². The van der Waals surface area contributed by atoms with Crippen molar-refractivity contribution in [3.63, 3.8) is 0 Å². The maximum Gasteiger partial charge on any atom is 0.0700 e. The SMILES string of the molecule is CCC1(C)C(Cl)CC1OCCCOCCOC. The van der Waals surface area contributed by atoms with Crippen molar-refractivity contribution in [1.82, 2.24) is 0 Å². The lowest BCUT2D eigenvalue weighted by Crippen LogP contribution is -2.53. The van der Waals surface area contributed by atoms with Crippen LogP contribution in [0.2, 0.25) is 0 Å². The normalized spacial score (nSPS) is 32.5. The number of ether oxygens (including phenoxy) is 3. The second-order valence-corrected chi connectivity index (χ2v) is 5.41. The molecule has 3 unspecified atom stereocenters. The summed E-state index contributed by atoms with van der Waals surface area (Å²) < 4.78 is 16.1. The fourth-order valence-corrected chi connectivity index (χ4v) is 2.56. The third kappa shape index (κ3) is 4.09. The Labute approximate surface area is 110 Å². The van der Waals surface area contributed by atoms with Gasteiger partial charge >= 0.3 is 0 Å². The van der Waals surface area contributed by atoms with Crippen molar-refractivity contribution in [3.05, 3.63) is 0 Å². The van der Waals surface area contributed by atoms with E-state index in [1.54, 1.807) is 7.11 Å². The van der Waals surface area contributed by atoms with Crippen molar-refractivity contribution < 1.29 is 14.2 Å². The molecule has 0 bridgehead atoms. The highest BCUT2D eigenvalue weighted by Crippen LogP contribution is 2.49. The molecule has 3 nitrogen and oxygen atoms in total. The van der Waals surface area contributed by atoms with Gasteiger partial charge in [-0.3, -0.25) is 0 Å². The third-order valence-corrected chi connectivity index (χ3v) is 4.49. The lowest BCUT2D eigenvalue weighted by Gasteiger charge is -2.50. The molecule has 0 saturated heterocycles. The monoisotopic (exact) mass is 264 g/mol. The van der Waals surface area contributed by atoms with Crippen molar-refractivity contribution in [2.45, 2.75) is 44.6 Å². The van der Waals surface area contributed by atoms with E-state index in [0.717, 1.165) is 32.5 Å². The maximum absolute atomic E-state index is 6.23. The first-order chi connectivity index (χ1) is 8.15. The third-order valence-electron chi connectivity index (χ3n) is 3.82. The van der Waals surface area contributed by atoms with Crippen LogP contribution in [0.3, 0.4) is 0 Å². The summed E-state index contributed by atoms with van der Waals surface area (Å²) in [5.74, 6) is 0. The number of halogens is 1. The van der Waals surface area contributed by atoms with Crippen LogP contribution in [-0.4, -0.2) is 45.0 Å². The molecule has 1 fully saturated rings. The van der Waals surface area contributed by atoms with Gasteiger partial charge in [-0.05, 0) is 19.3 Å². The Morgan fingerprint density at radius 3 is 2.59 bits per heavy atom. The topological polar surface area (TPSA) is 27.7 Å². The van der Waals surface area contributed by atoms with Crippen molar-refractivity contribution in [2.75, 3.05) is 33.5 Å². The molecule has 1 aliphatic rings. The highest BCUT2D eigenvalue weighted by molar-refractivity contribution is 6.21. The summed E-state index contributed by atoms with van der Waals surface area (Å²) in [6, 6.07) is 0. The van der Waals surface area contributed by atoms with Crippen molar-refractivity contribution in [2.24, 2.45) is 5.41 Å². The van der Waals surface area contributed by atoms with Gasteiger partial charge in [0.25, 0.3) is 0 Å². The molecule has 102 valence electrons. The first-order valence-corrected chi connectivity index (χ1v) is 6.91. The summed E-state index contributed by atoms with van der Waals surface area (Å²) in [6.07, 6.45) is 3.33. The molecule has 0 aliphatic heterocycles. The van der Waals surface area contributed by atoms with E-state index < -0.39 is 0 Å². The van der Waals surface area contributed by atoms with E-state index in [4.69, 9.17) is 25.8 Å². The molecule has 0 aromatic carbocycles. The van der Waals surface area contributed by atoms with Gasteiger partial charge in [-0.2, -0.15) is 0 Å². The van der Waals surface area contributed by atoms with Crippen molar-refractivity contribution in [3.8, 4) is 0 Å². The molecule has 17 heavy (non-hydrogen) atoms. The Balaban J connectivity index is 2.00. The van der Waals surface area contributed by atoms with Gasteiger partial charge in [-0.1, -0.05) is 13.8 Å². The maximum atomic E-state index is 6.23. The predicted molar refractivity (Wildman–Crippen MR) is 69.7 cm³/mol. The molecular weight excluding hydrogens is 240 g/mol. The van der Waals surface area contributed by atoms with Gasteiger partial charge in [-0.25, -0.2) is 0 Å². The first-order valence-electron chi connectivity index (χ1n) is 6.47. The Hall–Kier alpha value is 0.170. The summed E-state index contributed by atoms with van der Waals surface area (Å²) in [4.78, 5) is 0. The molecule has 1 saturated carbocycles. The second kappa shape index (κ2) is 7.57. The lowest BCUT2D eigenvalue weighted by molar-refractivity contribution is -0.103. The van der Waals surface area contributed by atoms with Crippen LogP contribution in [0, 0.1) is 5.41 Å². The fourth-order valence-electron chi connectivity index (χ4n) is 2.11. The zero-order valence-corrected chi connectivity index (χ0v) is 12.0. The quantitative estimate of drug-likeness (QED) is 0.473. The average molecular weight is 265 g/mol. The summed E-state index contributed by atoms with van der Waals surface area (Å²) in [5, 5.41) is 0.274. The largest absolute Gasteiger partial charge is 0.382 e. The van der Waals surface area contributed by atoms with Crippen LogP contribution in [-0.2, 0) is 14.2 Å². The van der Waals surface area contributed by atoms with Crippen LogP contribution < -0.4 is 0 Å². The predicted octanol–water partition coefficient (Wildman–Crippen LogP) is 2.85. The highest BCUT2D eigenvalue weighted by atomic mass is 35.5. The number of alkyl halides is 1. The average Bonchev–Trinajstić information content (AvgIpc) is 2.35. The van der Waals surface area contributed by atoms with Gasteiger partial charge in [0, 0.05) is 31.1 Å². The number of rotatable bonds is 9. The zero-order chi connectivity index (χ0) is 12.7. The molecule has 1 aliphatic carbocycles. The molecule has 0 amide bonds. The van der Waals surface area contributed by atoms with Crippen LogP contribution in [0.5, 0.6) is 0 Å². The van der Waals surface area contributed by atoms with Crippen LogP contribution in [0.1, 0.15) is 33.1 Å². The highest BCUT2D eigenvalue weighted by Gasteiger charge is 2.50. The second-order valence-electron chi connectivity index (χ2n) is 4.88. The van der Waals surface area contributed by atoms with E-state index in [2.05, 4.69) is 13.8 Å². The number of hydrogen-bond donors (Lipinski definition) is 0. The lowest BCUT2D eigenvalue weighted by atomic mass is 9.65. The smallest absolute Gasteiger partial charge is 0.0700 e. The van der Waals surface area contributed by atoms with E-state index in [1.165, 1.54) is 0 Å². The Morgan fingerprint density at radius 2 is 2.00 bits per heavy atom. The Morgan fingerprint density at radius 1 is 1.24 bits per heavy atom. The van der Waals surface area contributed by atoms with Crippen LogP contribution in [0.4, 0.5) is 0 Å². The van der Waals surface area contributed by atoms with Gasteiger partial charge in [0.15, 0.2) is 0 Å². The van der Waals surface area contributed by atoms with Gasteiger partial charge in [0.05, 0.1) is 19.3 Å². The van der Waals surface area contributed by atoms with E-state index in [0.29, 0.717) is 19.3 Å². The molecular formula is C13H25ClO3. The van der Waals surface area contributed by atoms with Gasteiger partial charge < -0.3 is 14.2 Å². The van der Waals surface area contributed by atoms with Crippen LogP contribution in [0.15, 0.2) is 0 Å². The minimum absolute atomic E-state index is 0.165. The zero-order valence-electron chi connectivity index (χ0n) is 11.2. The molecule has 4 heteroatoms. The number of hydrogen-bond acceptors (Lipinski definition) is 3. The first kappa shape index (κ1) is 15.2. The van der Waals surface area contributed by atoms with E-state index in [1.807, 2.05) is 0 Å². The van der Waals surface area contributed by atoms with E-state index >= 15 is 0 Å². The minimum Gasteiger partial charge on any atom is -0.382 e. The van der Waals surface area contributed by atoms with E-state index in [-0.39, 0.29) is 10.8 Å². The van der Waals surface area contributed by atoms with Crippen molar-refractivity contribution in [1.29, 1.82) is 0 Å².